The second-order valence-electron chi connectivity index (χ2n) is 2.74. The maximum absolute atomic E-state index is 6.69. The molecule has 0 bridgehead atoms. The summed E-state index contributed by atoms with van der Waals surface area (Å²) < 4.78 is 0. The Labute approximate surface area is 96.2 Å². The summed E-state index contributed by atoms with van der Waals surface area (Å²) in [5, 5.41) is 0. The minimum atomic E-state index is 0. The van der Waals surface area contributed by atoms with Crippen molar-refractivity contribution in [2.45, 2.75) is 19.9 Å². The topological polar surface area (TPSA) is 26.0 Å². The van der Waals surface area contributed by atoms with Crippen molar-refractivity contribution in [3.63, 3.8) is 0 Å². The molecular weight excluding hydrogens is 343 g/mol. The van der Waals surface area contributed by atoms with E-state index in [1.807, 2.05) is 44.2 Å². The number of rotatable bonds is 0. The van der Waals surface area contributed by atoms with Crippen molar-refractivity contribution < 1.29 is 22.4 Å². The quantitative estimate of drug-likeness (QED) is 0.429. The van der Waals surface area contributed by atoms with Gasteiger partial charge in [0.1, 0.15) is 0 Å². The molecule has 0 fully saturated rings. The van der Waals surface area contributed by atoms with Gasteiger partial charge in [-0.3, -0.25) is 5.92 Å². The monoisotopic (exact) mass is 357 g/mol. The van der Waals surface area contributed by atoms with Gasteiger partial charge in [-0.25, -0.2) is 0 Å². The summed E-state index contributed by atoms with van der Waals surface area (Å²) in [5.74, 6) is 2.28. The third-order valence-electron chi connectivity index (χ3n) is 0.918. The Morgan fingerprint density at radius 2 is 1.62 bits per heavy atom. The molecule has 1 aromatic rings. The molecular formula is C11H14AuN. The minimum absolute atomic E-state index is 0. The third-order valence-corrected chi connectivity index (χ3v) is 0.918. The van der Waals surface area contributed by atoms with Gasteiger partial charge in [0, 0.05) is 0 Å². The van der Waals surface area contributed by atoms with Crippen LogP contribution in [0.25, 0.3) is 0 Å². The first-order valence-electron chi connectivity index (χ1n) is 3.90. The average Bonchev–Trinajstić information content (AvgIpc) is 2.05. The molecule has 2 N–H and O–H groups in total. The van der Waals surface area contributed by atoms with Crippen molar-refractivity contribution in [3.05, 3.63) is 42.3 Å². The SMILES string of the molecule is CC(C)N.[Au+].[C-]#Cc1ccccc1. The van der Waals surface area contributed by atoms with Crippen molar-refractivity contribution in [2.75, 3.05) is 0 Å². The molecule has 0 aliphatic rings. The van der Waals surface area contributed by atoms with Gasteiger partial charge in [-0.15, -0.1) is 17.7 Å². The second-order valence-corrected chi connectivity index (χ2v) is 2.74. The van der Waals surface area contributed by atoms with Crippen LogP contribution >= 0.6 is 0 Å². The third kappa shape index (κ3) is 11.5. The van der Waals surface area contributed by atoms with Crippen LogP contribution in [0.3, 0.4) is 0 Å². The summed E-state index contributed by atoms with van der Waals surface area (Å²) in [6.07, 6.45) is 6.69. The zero-order chi connectivity index (χ0) is 9.40. The van der Waals surface area contributed by atoms with E-state index in [1.54, 1.807) is 0 Å². The number of nitrogens with two attached hydrogens (primary N) is 1. The zero-order valence-corrected chi connectivity index (χ0v) is 10.0. The Bertz CT molecular complexity index is 233. The van der Waals surface area contributed by atoms with E-state index in [2.05, 4.69) is 5.92 Å². The van der Waals surface area contributed by atoms with E-state index in [1.165, 1.54) is 0 Å². The minimum Gasteiger partial charge on any atom is -0.366 e. The van der Waals surface area contributed by atoms with Crippen molar-refractivity contribution in [3.8, 4) is 5.92 Å². The van der Waals surface area contributed by atoms with E-state index >= 15 is 0 Å². The maximum Gasteiger partial charge on any atom is 1.00 e. The first-order valence-corrected chi connectivity index (χ1v) is 3.90. The van der Waals surface area contributed by atoms with Crippen LogP contribution in [-0.4, -0.2) is 6.04 Å². The van der Waals surface area contributed by atoms with Gasteiger partial charge in [-0.2, -0.15) is 0 Å². The number of hydrogen-bond donors (Lipinski definition) is 1. The summed E-state index contributed by atoms with van der Waals surface area (Å²) in [5.41, 5.74) is 5.94. The average molecular weight is 357 g/mol. The molecule has 0 saturated heterocycles. The van der Waals surface area contributed by atoms with Gasteiger partial charge in [0.2, 0.25) is 0 Å². The molecule has 0 unspecified atom stereocenters. The van der Waals surface area contributed by atoms with Gasteiger partial charge in [-0.1, -0.05) is 32.0 Å². The normalized spacial score (nSPS) is 7.62. The summed E-state index contributed by atoms with van der Waals surface area (Å²) in [4.78, 5) is 0. The molecule has 1 nitrogen and oxygen atoms in total. The molecule has 0 spiro atoms. The maximum atomic E-state index is 6.69. The van der Waals surface area contributed by atoms with Crippen LogP contribution < -0.4 is 5.73 Å². The molecule has 1 aromatic carbocycles. The fourth-order valence-corrected chi connectivity index (χ4v) is 0.521. The van der Waals surface area contributed by atoms with E-state index in [9.17, 15) is 0 Å². The summed E-state index contributed by atoms with van der Waals surface area (Å²) in [7, 11) is 0. The van der Waals surface area contributed by atoms with Crippen molar-refractivity contribution >= 4 is 0 Å². The fraction of sp³-hybridized carbons (Fsp3) is 0.273. The van der Waals surface area contributed by atoms with Crippen LogP contribution in [0.15, 0.2) is 30.3 Å². The Balaban J connectivity index is 0. The van der Waals surface area contributed by atoms with Gasteiger partial charge < -0.3 is 12.2 Å². The van der Waals surface area contributed by atoms with Gasteiger partial charge in [0.05, 0.1) is 0 Å². The largest absolute Gasteiger partial charge is 1.00 e. The smallest absolute Gasteiger partial charge is 0.366 e. The zero-order valence-electron chi connectivity index (χ0n) is 7.84. The number of hydrogen-bond acceptors (Lipinski definition) is 1. The van der Waals surface area contributed by atoms with Crippen LogP contribution in [0.4, 0.5) is 0 Å². The first kappa shape index (κ1) is 15.0. The van der Waals surface area contributed by atoms with E-state index in [-0.39, 0.29) is 22.4 Å². The predicted octanol–water partition coefficient (Wildman–Crippen LogP) is 1.98. The molecule has 2 heteroatoms. The Morgan fingerprint density at radius 1 is 1.23 bits per heavy atom. The van der Waals surface area contributed by atoms with Crippen LogP contribution in [0.2, 0.25) is 0 Å². The van der Waals surface area contributed by atoms with Gasteiger partial charge in [-0.05, 0) is 6.04 Å². The molecule has 0 aliphatic heterocycles. The van der Waals surface area contributed by atoms with Gasteiger partial charge in [0.25, 0.3) is 0 Å². The summed E-state index contributed by atoms with van der Waals surface area (Å²) >= 11 is 0. The molecule has 0 saturated carbocycles. The standard InChI is InChI=1S/C8H5.C3H9N.Au/c1-2-8-6-4-3-5-7-8;1-3(2)4;/h3-7H;3H,4H2,1-2H3;/q-1;;+1. The van der Waals surface area contributed by atoms with Crippen LogP contribution in [0.5, 0.6) is 0 Å². The number of benzene rings is 1. The summed E-state index contributed by atoms with van der Waals surface area (Å²) in [6, 6.07) is 9.70. The van der Waals surface area contributed by atoms with Gasteiger partial charge >= 0.3 is 22.4 Å². The van der Waals surface area contributed by atoms with Crippen LogP contribution in [0.1, 0.15) is 19.4 Å². The Hall–Kier alpha value is -0.520. The molecule has 0 heterocycles. The molecule has 0 aromatic heterocycles. The van der Waals surface area contributed by atoms with E-state index in [0.29, 0.717) is 6.04 Å². The summed E-state index contributed by atoms with van der Waals surface area (Å²) in [6.45, 7) is 3.89. The van der Waals surface area contributed by atoms with Crippen LogP contribution in [-0.2, 0) is 22.4 Å². The molecule has 0 atom stereocenters. The van der Waals surface area contributed by atoms with Gasteiger partial charge in [0.15, 0.2) is 0 Å². The molecule has 13 heavy (non-hydrogen) atoms. The molecule has 1 rings (SSSR count). The van der Waals surface area contributed by atoms with Crippen molar-refractivity contribution in [2.24, 2.45) is 5.73 Å². The molecule has 0 aliphatic carbocycles. The van der Waals surface area contributed by atoms with Crippen LogP contribution in [0, 0.1) is 12.3 Å². The molecule has 74 valence electrons. The van der Waals surface area contributed by atoms with Crippen molar-refractivity contribution in [1.82, 2.24) is 0 Å². The van der Waals surface area contributed by atoms with E-state index in [4.69, 9.17) is 12.2 Å². The molecule has 0 amide bonds. The predicted molar refractivity (Wildman–Crippen MR) is 52.0 cm³/mol. The Kier molecular flexibility index (Phi) is 11.0. The van der Waals surface area contributed by atoms with E-state index < -0.39 is 0 Å². The van der Waals surface area contributed by atoms with E-state index in [0.717, 1.165) is 5.56 Å². The first-order chi connectivity index (χ1) is 5.66. The Morgan fingerprint density at radius 3 is 1.85 bits per heavy atom. The van der Waals surface area contributed by atoms with Crippen molar-refractivity contribution in [1.29, 1.82) is 0 Å². The fourth-order valence-electron chi connectivity index (χ4n) is 0.521. The second kappa shape index (κ2) is 9.57. The molecule has 0 radical (unpaired) electrons.